The zero-order chi connectivity index (χ0) is 26.6. The van der Waals surface area contributed by atoms with Crippen LogP contribution < -0.4 is 5.32 Å². The van der Waals surface area contributed by atoms with Crippen molar-refractivity contribution in [1.29, 1.82) is 0 Å². The molecule has 3 rings (SSSR count). The van der Waals surface area contributed by atoms with Crippen LogP contribution >= 0.6 is 23.4 Å². The number of fused-ring (bicyclic) bond motifs is 1. The standard InChI is InChI=1S/C23H42ClN5O3SSi2/c1-22(2,3)34(8,9)31-16-14(12-30)33-20(17(16)32-35(10,11)23(4,5)6)29-13-26-15-18(25-7)27-21(24)28-19(15)29/h13-14,16-17,20,30H,12H2,1-11H3,(H,25,27,28)/t14-,16-,17-,20-/m1/s1. The van der Waals surface area contributed by atoms with Gasteiger partial charge >= 0.3 is 0 Å². The second-order valence-electron chi connectivity index (χ2n) is 12.3. The molecule has 8 nitrogen and oxygen atoms in total. The van der Waals surface area contributed by atoms with Crippen LogP contribution in [-0.4, -0.2) is 72.4 Å². The number of nitrogens with one attached hydrogen (secondary N) is 1. The minimum Gasteiger partial charge on any atom is -0.410 e. The molecule has 1 fully saturated rings. The van der Waals surface area contributed by atoms with Crippen LogP contribution in [0.15, 0.2) is 6.33 Å². The molecule has 0 aromatic carbocycles. The van der Waals surface area contributed by atoms with Crippen LogP contribution in [0.25, 0.3) is 11.2 Å². The summed E-state index contributed by atoms with van der Waals surface area (Å²) in [5.74, 6) is 0.580. The minimum atomic E-state index is -2.19. The highest BCUT2D eigenvalue weighted by Gasteiger charge is 2.54. The summed E-state index contributed by atoms with van der Waals surface area (Å²) in [4.78, 5) is 13.4. The maximum absolute atomic E-state index is 10.5. The van der Waals surface area contributed by atoms with Crippen molar-refractivity contribution < 1.29 is 14.0 Å². The van der Waals surface area contributed by atoms with Crippen LogP contribution in [0.2, 0.25) is 41.5 Å². The molecule has 0 amide bonds. The molecule has 0 saturated carbocycles. The van der Waals surface area contributed by atoms with Gasteiger partial charge in [0.2, 0.25) is 5.28 Å². The Bertz CT molecular complexity index is 1050. The molecule has 2 N–H and O–H groups in total. The lowest BCUT2D eigenvalue weighted by molar-refractivity contribution is 0.0260. The van der Waals surface area contributed by atoms with Gasteiger partial charge in [-0.15, -0.1) is 11.8 Å². The molecule has 0 bridgehead atoms. The zero-order valence-electron chi connectivity index (χ0n) is 22.9. The highest BCUT2D eigenvalue weighted by Crippen LogP contribution is 2.51. The maximum atomic E-state index is 10.5. The smallest absolute Gasteiger partial charge is 0.226 e. The summed E-state index contributed by atoms with van der Waals surface area (Å²) in [7, 11) is -2.56. The molecule has 4 atom stereocenters. The molecular formula is C23H42ClN5O3SSi2. The molecule has 0 spiro atoms. The fraction of sp³-hybridized carbons (Fsp3) is 0.783. The topological polar surface area (TPSA) is 94.3 Å². The van der Waals surface area contributed by atoms with Crippen molar-refractivity contribution in [3.8, 4) is 0 Å². The molecule has 35 heavy (non-hydrogen) atoms. The van der Waals surface area contributed by atoms with E-state index in [1.54, 1.807) is 25.1 Å². The SMILES string of the molecule is CNc1nc(Cl)nc2c1ncn2[C@@H]1S[C@H](CO)[C@@H](O[Si](C)(C)C(C)(C)C)[C@H]1O[Si](C)(C)C(C)(C)C. The van der Waals surface area contributed by atoms with Crippen LogP contribution in [0.5, 0.6) is 0 Å². The highest BCUT2D eigenvalue weighted by molar-refractivity contribution is 8.00. The Morgan fingerprint density at radius 1 is 1.03 bits per heavy atom. The summed E-state index contributed by atoms with van der Waals surface area (Å²) >= 11 is 7.93. The lowest BCUT2D eigenvalue weighted by Gasteiger charge is -2.44. The van der Waals surface area contributed by atoms with Crippen LogP contribution in [0.4, 0.5) is 5.82 Å². The number of aliphatic hydroxyl groups is 1. The van der Waals surface area contributed by atoms with E-state index in [9.17, 15) is 5.11 Å². The second kappa shape index (κ2) is 9.88. The molecule has 1 aliphatic rings. The van der Waals surface area contributed by atoms with E-state index in [1.807, 2.05) is 4.57 Å². The van der Waals surface area contributed by atoms with Gasteiger partial charge < -0.3 is 19.3 Å². The first kappa shape index (κ1) is 28.9. The Morgan fingerprint density at radius 3 is 2.06 bits per heavy atom. The Hall–Kier alpha value is -0.696. The first-order chi connectivity index (χ1) is 15.9. The van der Waals surface area contributed by atoms with Crippen molar-refractivity contribution in [2.45, 2.75) is 101 Å². The number of imidazole rings is 1. The van der Waals surface area contributed by atoms with E-state index in [-0.39, 0.29) is 44.8 Å². The number of aromatic nitrogens is 4. The number of nitrogens with zero attached hydrogens (tertiary/aromatic N) is 4. The summed E-state index contributed by atoms with van der Waals surface area (Å²) in [6.45, 7) is 22.4. The molecule has 3 heterocycles. The van der Waals surface area contributed by atoms with Crippen molar-refractivity contribution in [1.82, 2.24) is 19.5 Å². The van der Waals surface area contributed by atoms with E-state index in [4.69, 9.17) is 20.5 Å². The van der Waals surface area contributed by atoms with Crippen molar-refractivity contribution in [3.63, 3.8) is 0 Å². The molecule has 0 aliphatic carbocycles. The molecule has 2 aromatic rings. The van der Waals surface area contributed by atoms with E-state index in [2.05, 4.69) is 88.0 Å². The lowest BCUT2D eigenvalue weighted by atomic mass is 10.1. The quantitative estimate of drug-likeness (QED) is 0.319. The van der Waals surface area contributed by atoms with Crippen LogP contribution in [0.1, 0.15) is 46.9 Å². The molecule has 2 aromatic heterocycles. The lowest BCUT2D eigenvalue weighted by Crippen LogP contribution is -2.53. The Morgan fingerprint density at radius 2 is 1.57 bits per heavy atom. The molecule has 12 heteroatoms. The van der Waals surface area contributed by atoms with E-state index >= 15 is 0 Å². The maximum Gasteiger partial charge on any atom is 0.226 e. The van der Waals surface area contributed by atoms with Crippen LogP contribution in [-0.2, 0) is 8.85 Å². The summed E-state index contributed by atoms with van der Waals surface area (Å²) in [5, 5.41) is 13.4. The summed E-state index contributed by atoms with van der Waals surface area (Å²) in [5.41, 5.74) is 1.29. The fourth-order valence-electron chi connectivity index (χ4n) is 3.63. The fourth-order valence-corrected chi connectivity index (χ4v) is 8.08. The van der Waals surface area contributed by atoms with Gasteiger partial charge in [0.05, 0.1) is 24.3 Å². The number of hydrogen-bond acceptors (Lipinski definition) is 8. The van der Waals surface area contributed by atoms with Crippen molar-refractivity contribution in [2.24, 2.45) is 0 Å². The first-order valence-corrected chi connectivity index (χ1v) is 19.3. The number of rotatable bonds is 7. The normalized spacial score (nSPS) is 24.4. The van der Waals surface area contributed by atoms with Gasteiger partial charge in [-0.1, -0.05) is 41.5 Å². The van der Waals surface area contributed by atoms with Gasteiger partial charge in [0.1, 0.15) is 11.5 Å². The van der Waals surface area contributed by atoms with Crippen molar-refractivity contribution in [2.75, 3.05) is 19.0 Å². The molecule has 0 unspecified atom stereocenters. The number of anilines is 1. The summed E-state index contributed by atoms with van der Waals surface area (Å²) in [6.07, 6.45) is 1.24. The average Bonchev–Trinajstić information content (AvgIpc) is 3.26. The van der Waals surface area contributed by atoms with Gasteiger partial charge in [-0.25, -0.2) is 4.98 Å². The summed E-state index contributed by atoms with van der Waals surface area (Å²) in [6, 6.07) is 0. The van der Waals surface area contributed by atoms with Crippen molar-refractivity contribution >= 4 is 57.0 Å². The van der Waals surface area contributed by atoms with Gasteiger partial charge in [-0.3, -0.25) is 4.57 Å². The van der Waals surface area contributed by atoms with Gasteiger partial charge in [0.15, 0.2) is 33.6 Å². The zero-order valence-corrected chi connectivity index (χ0v) is 26.5. The van der Waals surface area contributed by atoms with Gasteiger partial charge in [0.25, 0.3) is 0 Å². The Balaban J connectivity index is 2.14. The van der Waals surface area contributed by atoms with E-state index in [1.165, 1.54) is 0 Å². The molecule has 198 valence electrons. The van der Waals surface area contributed by atoms with Gasteiger partial charge in [-0.2, -0.15) is 9.97 Å². The molecule has 1 saturated heterocycles. The number of thioether (sulfide) groups is 1. The third-order valence-electron chi connectivity index (χ3n) is 7.84. The first-order valence-electron chi connectivity index (χ1n) is 12.1. The highest BCUT2D eigenvalue weighted by atomic mass is 35.5. The molecule has 0 radical (unpaired) electrons. The largest absolute Gasteiger partial charge is 0.410 e. The average molecular weight is 560 g/mol. The number of halogens is 1. The van der Waals surface area contributed by atoms with E-state index < -0.39 is 16.6 Å². The van der Waals surface area contributed by atoms with Crippen LogP contribution in [0, 0.1) is 0 Å². The Labute approximate surface area is 221 Å². The third-order valence-corrected chi connectivity index (χ3v) is 18.5. The van der Waals surface area contributed by atoms with E-state index in [0.717, 1.165) is 0 Å². The molecular weight excluding hydrogens is 518 g/mol. The van der Waals surface area contributed by atoms with E-state index in [0.29, 0.717) is 17.0 Å². The third kappa shape index (κ3) is 5.61. The van der Waals surface area contributed by atoms with Gasteiger partial charge in [-0.05, 0) is 47.9 Å². The predicted octanol–water partition coefficient (Wildman–Crippen LogP) is 5.91. The number of aliphatic hydroxyl groups excluding tert-OH is 1. The van der Waals surface area contributed by atoms with Crippen molar-refractivity contribution in [3.05, 3.63) is 11.6 Å². The Kier molecular flexibility index (Phi) is 8.15. The second-order valence-corrected chi connectivity index (χ2v) is 23.6. The molecule has 1 aliphatic heterocycles. The predicted molar refractivity (Wildman–Crippen MR) is 152 cm³/mol. The summed E-state index contributed by atoms with van der Waals surface area (Å²) < 4.78 is 16.1. The van der Waals surface area contributed by atoms with Gasteiger partial charge in [0, 0.05) is 7.05 Å². The number of hydrogen-bond donors (Lipinski definition) is 2. The monoisotopic (exact) mass is 559 g/mol. The minimum absolute atomic E-state index is 0.00194. The van der Waals surface area contributed by atoms with Crippen LogP contribution in [0.3, 0.4) is 0 Å².